The second-order valence-corrected chi connectivity index (χ2v) is 5.26. The van der Waals surface area contributed by atoms with Gasteiger partial charge in [0.1, 0.15) is 17.0 Å². The van der Waals surface area contributed by atoms with Crippen LogP contribution < -0.4 is 0 Å². The molecule has 1 aromatic carbocycles. The first-order valence-corrected chi connectivity index (χ1v) is 6.63. The summed E-state index contributed by atoms with van der Waals surface area (Å²) in [4.78, 5) is 11.8. The second-order valence-electron chi connectivity index (χ2n) is 3.55. The molecule has 1 heterocycles. The molecule has 1 aromatic heterocycles. The van der Waals surface area contributed by atoms with Gasteiger partial charge in [0.25, 0.3) is 0 Å². The highest BCUT2D eigenvalue weighted by Gasteiger charge is 2.24. The summed E-state index contributed by atoms with van der Waals surface area (Å²) in [6.07, 6.45) is 0. The van der Waals surface area contributed by atoms with Gasteiger partial charge in [0, 0.05) is 14.5 Å². The average Bonchev–Trinajstić information content (AvgIpc) is 2.70. The first-order valence-electron chi connectivity index (χ1n) is 5.05. The van der Waals surface area contributed by atoms with Crippen molar-refractivity contribution in [1.82, 2.24) is 5.16 Å². The normalized spacial score (nSPS) is 10.4. The Labute approximate surface area is 121 Å². The molecule has 2 rings (SSSR count). The number of carbonyl (C=O) groups excluding carboxylic acids is 1. The summed E-state index contributed by atoms with van der Waals surface area (Å²) in [5.74, 6) is -0.0362. The zero-order chi connectivity index (χ0) is 13.3. The molecule has 0 aliphatic carbocycles. The molecule has 0 aliphatic heterocycles. The highest BCUT2D eigenvalue weighted by Crippen LogP contribution is 2.37. The number of esters is 1. The van der Waals surface area contributed by atoms with E-state index in [1.165, 1.54) is 7.11 Å². The van der Waals surface area contributed by atoms with Gasteiger partial charge in [0.15, 0.2) is 0 Å². The van der Waals surface area contributed by atoms with Crippen molar-refractivity contribution in [2.75, 3.05) is 7.11 Å². The molecule has 18 heavy (non-hydrogen) atoms. The van der Waals surface area contributed by atoms with Crippen LogP contribution >= 0.6 is 31.9 Å². The number of rotatable bonds is 2. The molecule has 6 heteroatoms. The lowest BCUT2D eigenvalue weighted by Gasteiger charge is -2.05. The number of ether oxygens (including phenoxy) is 1. The summed E-state index contributed by atoms with van der Waals surface area (Å²) in [7, 11) is 1.33. The summed E-state index contributed by atoms with van der Waals surface area (Å²) in [6.45, 7) is 1.67. The van der Waals surface area contributed by atoms with E-state index in [4.69, 9.17) is 9.26 Å². The van der Waals surface area contributed by atoms with Crippen molar-refractivity contribution in [3.8, 4) is 11.3 Å². The Morgan fingerprint density at radius 2 is 1.94 bits per heavy atom. The molecule has 0 saturated heterocycles. The van der Waals surface area contributed by atoms with Crippen molar-refractivity contribution in [3.05, 3.63) is 38.5 Å². The van der Waals surface area contributed by atoms with E-state index >= 15 is 0 Å². The molecule has 0 N–H and O–H groups in total. The van der Waals surface area contributed by atoms with Gasteiger partial charge in [0.05, 0.1) is 7.11 Å². The van der Waals surface area contributed by atoms with Gasteiger partial charge >= 0.3 is 5.97 Å². The van der Waals surface area contributed by atoms with Crippen LogP contribution in [0.3, 0.4) is 0 Å². The number of halogens is 2. The zero-order valence-electron chi connectivity index (χ0n) is 9.66. The molecular weight excluding hydrogens is 366 g/mol. The number of methoxy groups -OCH3 is 1. The Morgan fingerprint density at radius 3 is 2.50 bits per heavy atom. The van der Waals surface area contributed by atoms with Gasteiger partial charge in [-0.15, -0.1) is 0 Å². The fourth-order valence-electron chi connectivity index (χ4n) is 1.61. The molecule has 0 atom stereocenters. The van der Waals surface area contributed by atoms with E-state index in [1.54, 1.807) is 6.92 Å². The highest BCUT2D eigenvalue weighted by atomic mass is 79.9. The molecule has 0 bridgehead atoms. The van der Waals surface area contributed by atoms with Crippen LogP contribution in [0.5, 0.6) is 0 Å². The van der Waals surface area contributed by atoms with E-state index in [1.807, 2.05) is 18.2 Å². The third-order valence-corrected chi connectivity index (χ3v) is 3.77. The number of hydrogen-bond acceptors (Lipinski definition) is 4. The lowest BCUT2D eigenvalue weighted by molar-refractivity contribution is 0.0599. The van der Waals surface area contributed by atoms with E-state index in [-0.39, 0.29) is 0 Å². The molecule has 0 unspecified atom stereocenters. The molecule has 0 spiro atoms. The largest absolute Gasteiger partial charge is 0.465 e. The Balaban J connectivity index is 2.69. The van der Waals surface area contributed by atoms with Gasteiger partial charge in [-0.3, -0.25) is 0 Å². The number of carbonyl (C=O) groups is 1. The maximum Gasteiger partial charge on any atom is 0.343 e. The SMILES string of the molecule is COC(=O)c1c(-c2c(Br)cccc2Br)noc1C. The maximum atomic E-state index is 11.8. The molecule has 0 fully saturated rings. The molecular formula is C12H9Br2NO3. The number of aromatic nitrogens is 1. The number of benzene rings is 1. The van der Waals surface area contributed by atoms with Crippen LogP contribution in [0.4, 0.5) is 0 Å². The number of aryl methyl sites for hydroxylation is 1. The van der Waals surface area contributed by atoms with Crippen molar-refractivity contribution in [1.29, 1.82) is 0 Å². The predicted molar refractivity (Wildman–Crippen MR) is 73.4 cm³/mol. The van der Waals surface area contributed by atoms with Crippen molar-refractivity contribution in [2.24, 2.45) is 0 Å². The van der Waals surface area contributed by atoms with Crippen LogP contribution in [0.25, 0.3) is 11.3 Å². The molecule has 0 saturated carbocycles. The Bertz CT molecular complexity index is 587. The minimum atomic E-state index is -0.466. The first kappa shape index (κ1) is 13.3. The number of hydrogen-bond donors (Lipinski definition) is 0. The van der Waals surface area contributed by atoms with Crippen LogP contribution in [0.2, 0.25) is 0 Å². The van der Waals surface area contributed by atoms with Gasteiger partial charge in [-0.05, 0) is 19.1 Å². The third-order valence-electron chi connectivity index (χ3n) is 2.45. The van der Waals surface area contributed by atoms with E-state index in [0.29, 0.717) is 17.0 Å². The van der Waals surface area contributed by atoms with Crippen molar-refractivity contribution >= 4 is 37.8 Å². The first-order chi connectivity index (χ1) is 8.56. The minimum absolute atomic E-state index is 0.338. The maximum absolute atomic E-state index is 11.8. The summed E-state index contributed by atoms with van der Waals surface area (Å²) in [6, 6.07) is 5.61. The van der Waals surface area contributed by atoms with Crippen molar-refractivity contribution < 1.29 is 14.1 Å². The lowest BCUT2D eigenvalue weighted by atomic mass is 10.1. The van der Waals surface area contributed by atoms with E-state index in [0.717, 1.165) is 14.5 Å². The Kier molecular flexibility index (Phi) is 3.87. The molecule has 2 aromatic rings. The average molecular weight is 375 g/mol. The van der Waals surface area contributed by atoms with Crippen LogP contribution in [-0.2, 0) is 4.74 Å². The summed E-state index contributed by atoms with van der Waals surface area (Å²) >= 11 is 6.87. The van der Waals surface area contributed by atoms with E-state index in [9.17, 15) is 4.79 Å². The highest BCUT2D eigenvalue weighted by molar-refractivity contribution is 9.11. The summed E-state index contributed by atoms with van der Waals surface area (Å²) in [5.41, 5.74) is 1.55. The fraction of sp³-hybridized carbons (Fsp3) is 0.167. The lowest BCUT2D eigenvalue weighted by Crippen LogP contribution is -2.04. The zero-order valence-corrected chi connectivity index (χ0v) is 12.8. The standard InChI is InChI=1S/C12H9Br2NO3/c1-6-9(12(16)17-2)11(15-18-6)10-7(13)4-3-5-8(10)14/h3-5H,1-2H3. The summed E-state index contributed by atoms with van der Waals surface area (Å²) < 4.78 is 11.5. The van der Waals surface area contributed by atoms with Gasteiger partial charge in [-0.25, -0.2) is 4.79 Å². The van der Waals surface area contributed by atoms with Crippen LogP contribution in [-0.4, -0.2) is 18.2 Å². The Hall–Kier alpha value is -1.14. The predicted octanol–water partition coefficient (Wildman–Crippen LogP) is 3.96. The van der Waals surface area contributed by atoms with Crippen LogP contribution in [0.15, 0.2) is 31.7 Å². The molecule has 94 valence electrons. The quantitative estimate of drug-likeness (QED) is 0.746. The monoisotopic (exact) mass is 373 g/mol. The molecule has 0 amide bonds. The Morgan fingerprint density at radius 1 is 1.33 bits per heavy atom. The van der Waals surface area contributed by atoms with Crippen LogP contribution in [0.1, 0.15) is 16.1 Å². The molecule has 0 radical (unpaired) electrons. The topological polar surface area (TPSA) is 52.3 Å². The van der Waals surface area contributed by atoms with Gasteiger partial charge in [-0.1, -0.05) is 43.1 Å². The molecule has 0 aliphatic rings. The van der Waals surface area contributed by atoms with Gasteiger partial charge < -0.3 is 9.26 Å². The second kappa shape index (κ2) is 5.24. The molecule has 4 nitrogen and oxygen atoms in total. The van der Waals surface area contributed by atoms with E-state index < -0.39 is 5.97 Å². The third kappa shape index (κ3) is 2.22. The van der Waals surface area contributed by atoms with E-state index in [2.05, 4.69) is 37.0 Å². The van der Waals surface area contributed by atoms with Gasteiger partial charge in [-0.2, -0.15) is 0 Å². The van der Waals surface area contributed by atoms with Crippen LogP contribution in [0, 0.1) is 6.92 Å². The number of nitrogens with zero attached hydrogens (tertiary/aromatic N) is 1. The van der Waals surface area contributed by atoms with Gasteiger partial charge in [0.2, 0.25) is 0 Å². The van der Waals surface area contributed by atoms with Crippen molar-refractivity contribution in [2.45, 2.75) is 6.92 Å². The summed E-state index contributed by atoms with van der Waals surface area (Å²) in [5, 5.41) is 3.94. The fourth-order valence-corrected chi connectivity index (χ4v) is 2.98. The minimum Gasteiger partial charge on any atom is -0.465 e. The van der Waals surface area contributed by atoms with Crippen molar-refractivity contribution in [3.63, 3.8) is 0 Å². The smallest absolute Gasteiger partial charge is 0.343 e.